The van der Waals surface area contributed by atoms with E-state index in [9.17, 15) is 18.0 Å². The summed E-state index contributed by atoms with van der Waals surface area (Å²) in [6.07, 6.45) is -3.12. The first-order valence-corrected chi connectivity index (χ1v) is 10.5. The van der Waals surface area contributed by atoms with Crippen LogP contribution < -0.4 is 5.32 Å². The molecule has 1 aliphatic heterocycles. The lowest BCUT2D eigenvalue weighted by Crippen LogP contribution is -2.35. The molecule has 31 heavy (non-hydrogen) atoms. The second kappa shape index (κ2) is 8.77. The van der Waals surface area contributed by atoms with E-state index in [4.69, 9.17) is 4.74 Å². The molecule has 1 saturated heterocycles. The zero-order valence-corrected chi connectivity index (χ0v) is 17.5. The lowest BCUT2D eigenvalue weighted by atomic mass is 10.2. The second-order valence-corrected chi connectivity index (χ2v) is 7.95. The Kier molecular flexibility index (Phi) is 6.08. The maximum absolute atomic E-state index is 13.0. The molecular weight excluding hydrogens is 431 g/mol. The summed E-state index contributed by atoms with van der Waals surface area (Å²) >= 11 is 1.32. The number of carbonyl (C=O) groups is 1. The highest BCUT2D eigenvalue weighted by Gasteiger charge is 2.30. The number of alkyl halides is 3. The van der Waals surface area contributed by atoms with Crippen LogP contribution >= 0.6 is 11.3 Å². The van der Waals surface area contributed by atoms with E-state index in [1.165, 1.54) is 34.3 Å². The Hall–Kier alpha value is -2.76. The van der Waals surface area contributed by atoms with E-state index in [1.807, 2.05) is 5.38 Å². The third-order valence-corrected chi connectivity index (χ3v) is 5.74. The van der Waals surface area contributed by atoms with Crippen molar-refractivity contribution in [2.75, 3.05) is 31.6 Å². The molecule has 11 heteroatoms. The fraction of sp³-hybridized carbons (Fsp3) is 0.350. The van der Waals surface area contributed by atoms with Gasteiger partial charge in [0.15, 0.2) is 5.13 Å². The van der Waals surface area contributed by atoms with E-state index >= 15 is 0 Å². The van der Waals surface area contributed by atoms with Crippen LogP contribution in [0.1, 0.15) is 27.3 Å². The van der Waals surface area contributed by atoms with Crippen molar-refractivity contribution in [1.82, 2.24) is 19.7 Å². The summed E-state index contributed by atoms with van der Waals surface area (Å²) in [4.78, 5) is 19.4. The fourth-order valence-corrected chi connectivity index (χ4v) is 3.99. The number of ether oxygens (including phenoxy) is 1. The largest absolute Gasteiger partial charge is 0.416 e. The van der Waals surface area contributed by atoms with Crippen LogP contribution in [0, 0.1) is 6.92 Å². The fourth-order valence-electron chi connectivity index (χ4n) is 3.30. The van der Waals surface area contributed by atoms with Gasteiger partial charge in [-0.25, -0.2) is 9.67 Å². The first-order chi connectivity index (χ1) is 14.8. The molecular formula is C20H20F3N5O2S. The van der Waals surface area contributed by atoms with Gasteiger partial charge in [-0.05, 0) is 25.1 Å². The van der Waals surface area contributed by atoms with Crippen molar-refractivity contribution >= 4 is 22.4 Å². The zero-order chi connectivity index (χ0) is 22.0. The summed E-state index contributed by atoms with van der Waals surface area (Å²) in [6, 6.07) is 4.81. The van der Waals surface area contributed by atoms with Crippen LogP contribution in [0.15, 0.2) is 35.8 Å². The lowest BCUT2D eigenvalue weighted by Gasteiger charge is -2.25. The van der Waals surface area contributed by atoms with E-state index in [2.05, 4.69) is 20.3 Å². The van der Waals surface area contributed by atoms with E-state index in [0.717, 1.165) is 30.9 Å². The first kappa shape index (κ1) is 21.5. The molecule has 0 radical (unpaired) electrons. The minimum Gasteiger partial charge on any atom is -0.379 e. The SMILES string of the molecule is Cc1c(C(=O)Nc2nc(CN3CCOCC3)cs2)cnn1-c1cccc(C(F)(F)F)c1. The molecule has 1 amide bonds. The van der Waals surface area contributed by atoms with Crippen molar-refractivity contribution in [1.29, 1.82) is 0 Å². The zero-order valence-electron chi connectivity index (χ0n) is 16.6. The predicted octanol–water partition coefficient (Wildman–Crippen LogP) is 3.74. The number of thiazole rings is 1. The summed E-state index contributed by atoms with van der Waals surface area (Å²) in [5, 5.41) is 9.21. The van der Waals surface area contributed by atoms with Crippen molar-refractivity contribution < 1.29 is 22.7 Å². The highest BCUT2D eigenvalue weighted by molar-refractivity contribution is 7.14. The van der Waals surface area contributed by atoms with Crippen LogP contribution in [0.4, 0.5) is 18.3 Å². The topological polar surface area (TPSA) is 72.3 Å². The van der Waals surface area contributed by atoms with E-state index in [0.29, 0.717) is 30.6 Å². The normalized spacial score (nSPS) is 15.2. The molecule has 3 aromatic rings. The van der Waals surface area contributed by atoms with Gasteiger partial charge >= 0.3 is 6.18 Å². The highest BCUT2D eigenvalue weighted by atomic mass is 32.1. The van der Waals surface area contributed by atoms with Crippen LogP contribution in [-0.4, -0.2) is 51.9 Å². The molecule has 2 aromatic heterocycles. The van der Waals surface area contributed by atoms with Crippen molar-refractivity contribution in [3.63, 3.8) is 0 Å². The number of benzene rings is 1. The van der Waals surface area contributed by atoms with Crippen molar-refractivity contribution in [2.45, 2.75) is 19.6 Å². The molecule has 0 bridgehead atoms. The smallest absolute Gasteiger partial charge is 0.379 e. The number of rotatable bonds is 5. The van der Waals surface area contributed by atoms with Crippen LogP contribution in [0.3, 0.4) is 0 Å². The second-order valence-electron chi connectivity index (χ2n) is 7.09. The van der Waals surface area contributed by atoms with Gasteiger partial charge in [0.2, 0.25) is 0 Å². The van der Waals surface area contributed by atoms with Gasteiger partial charge in [0.25, 0.3) is 5.91 Å². The first-order valence-electron chi connectivity index (χ1n) is 9.59. The lowest BCUT2D eigenvalue weighted by molar-refractivity contribution is -0.137. The summed E-state index contributed by atoms with van der Waals surface area (Å²) in [6.45, 7) is 5.39. The van der Waals surface area contributed by atoms with Crippen LogP contribution in [0.2, 0.25) is 0 Å². The number of morpholine rings is 1. The number of nitrogens with one attached hydrogen (secondary N) is 1. The minimum atomic E-state index is -4.46. The standard InChI is InChI=1S/C20H20F3N5O2S/c1-13-17(10-24-28(13)16-4-2-3-14(9-16)20(21,22)23)18(29)26-19-25-15(12-31-19)11-27-5-7-30-8-6-27/h2-4,9-10,12H,5-8,11H2,1H3,(H,25,26,29). The van der Waals surface area contributed by atoms with E-state index < -0.39 is 17.6 Å². The van der Waals surface area contributed by atoms with Crippen molar-refractivity contribution in [3.05, 3.63) is 58.4 Å². The number of amides is 1. The number of aromatic nitrogens is 3. The monoisotopic (exact) mass is 451 g/mol. The van der Waals surface area contributed by atoms with Crippen LogP contribution in [0.5, 0.6) is 0 Å². The molecule has 7 nitrogen and oxygen atoms in total. The van der Waals surface area contributed by atoms with Crippen LogP contribution in [-0.2, 0) is 17.5 Å². The van der Waals surface area contributed by atoms with Gasteiger partial charge in [-0.15, -0.1) is 11.3 Å². The Morgan fingerprint density at radius 3 is 2.81 bits per heavy atom. The number of hydrogen-bond donors (Lipinski definition) is 1. The Labute approximate surface area is 180 Å². The molecule has 0 saturated carbocycles. The molecule has 1 aromatic carbocycles. The molecule has 4 rings (SSSR count). The Bertz CT molecular complexity index is 1070. The number of halogens is 3. The predicted molar refractivity (Wildman–Crippen MR) is 109 cm³/mol. The van der Waals surface area contributed by atoms with E-state index in [1.54, 1.807) is 6.92 Å². The molecule has 0 aliphatic carbocycles. The average molecular weight is 451 g/mol. The molecule has 1 aliphatic rings. The Balaban J connectivity index is 1.46. The number of carbonyl (C=O) groups excluding carboxylic acids is 1. The van der Waals surface area contributed by atoms with E-state index in [-0.39, 0.29) is 11.3 Å². The quantitative estimate of drug-likeness (QED) is 0.640. The molecule has 0 atom stereocenters. The van der Waals surface area contributed by atoms with Gasteiger partial charge in [-0.1, -0.05) is 6.07 Å². The highest BCUT2D eigenvalue weighted by Crippen LogP contribution is 2.30. The number of anilines is 1. The Morgan fingerprint density at radius 1 is 1.29 bits per heavy atom. The Morgan fingerprint density at radius 2 is 2.06 bits per heavy atom. The average Bonchev–Trinajstić information content (AvgIpc) is 3.34. The van der Waals surface area contributed by atoms with Gasteiger partial charge in [-0.2, -0.15) is 18.3 Å². The van der Waals surface area contributed by atoms with Gasteiger partial charge in [0.05, 0.1) is 47.6 Å². The third-order valence-electron chi connectivity index (χ3n) is 4.93. The van der Waals surface area contributed by atoms with Crippen molar-refractivity contribution in [3.8, 4) is 5.69 Å². The summed E-state index contributed by atoms with van der Waals surface area (Å²) in [5.74, 6) is -0.414. The molecule has 1 fully saturated rings. The minimum absolute atomic E-state index is 0.230. The molecule has 1 N–H and O–H groups in total. The maximum Gasteiger partial charge on any atom is 0.416 e. The van der Waals surface area contributed by atoms with Gasteiger partial charge in [-0.3, -0.25) is 15.0 Å². The van der Waals surface area contributed by atoms with Crippen molar-refractivity contribution in [2.24, 2.45) is 0 Å². The summed E-state index contributed by atoms with van der Waals surface area (Å²) in [5.41, 5.74) is 1.01. The summed E-state index contributed by atoms with van der Waals surface area (Å²) < 4.78 is 45.7. The summed E-state index contributed by atoms with van der Waals surface area (Å²) in [7, 11) is 0. The van der Waals surface area contributed by atoms with Gasteiger partial charge in [0, 0.05) is 25.0 Å². The molecule has 164 valence electrons. The maximum atomic E-state index is 13.0. The number of hydrogen-bond acceptors (Lipinski definition) is 6. The molecule has 0 unspecified atom stereocenters. The third kappa shape index (κ3) is 4.94. The molecule has 0 spiro atoms. The van der Waals surface area contributed by atoms with Gasteiger partial charge in [0.1, 0.15) is 0 Å². The molecule has 3 heterocycles. The van der Waals surface area contributed by atoms with Crippen LogP contribution in [0.25, 0.3) is 5.69 Å². The number of nitrogens with zero attached hydrogens (tertiary/aromatic N) is 4. The van der Waals surface area contributed by atoms with Gasteiger partial charge < -0.3 is 4.74 Å².